The van der Waals surface area contributed by atoms with Gasteiger partial charge in [-0.05, 0) is 6.42 Å². The van der Waals surface area contributed by atoms with Gasteiger partial charge in [0.05, 0.1) is 19.0 Å². The lowest BCUT2D eigenvalue weighted by atomic mass is 10.4. The summed E-state index contributed by atoms with van der Waals surface area (Å²) >= 11 is 0. The highest BCUT2D eigenvalue weighted by molar-refractivity contribution is 7.91. The van der Waals surface area contributed by atoms with E-state index >= 15 is 0 Å². The maximum absolute atomic E-state index is 11.3. The summed E-state index contributed by atoms with van der Waals surface area (Å²) in [5, 5.41) is 3.19. The molecule has 0 aromatic carbocycles. The Kier molecular flexibility index (Phi) is 8.00. The first kappa shape index (κ1) is 14.9. The van der Waals surface area contributed by atoms with Crippen LogP contribution in [-0.2, 0) is 14.6 Å². The number of nitrogens with one attached hydrogen (secondary N) is 1. The summed E-state index contributed by atoms with van der Waals surface area (Å²) in [4.78, 5) is 0. The summed E-state index contributed by atoms with van der Waals surface area (Å²) in [6.45, 7) is 7.63. The number of hydrogen-bond acceptors (Lipinski definition) is 4. The van der Waals surface area contributed by atoms with Crippen LogP contribution in [0.15, 0.2) is 0 Å². The second-order valence-electron chi connectivity index (χ2n) is 3.87. The molecule has 0 aliphatic heterocycles. The monoisotopic (exact) mass is 237 g/mol. The van der Waals surface area contributed by atoms with E-state index in [0.717, 1.165) is 6.54 Å². The molecule has 92 valence electrons. The summed E-state index contributed by atoms with van der Waals surface area (Å²) in [5.41, 5.74) is 0. The molecular formula is C10H23NO3S. The van der Waals surface area contributed by atoms with Gasteiger partial charge in [0.2, 0.25) is 0 Å². The van der Waals surface area contributed by atoms with Gasteiger partial charge in [-0.15, -0.1) is 0 Å². The lowest BCUT2D eigenvalue weighted by molar-refractivity contribution is 0.149. The molecule has 0 bridgehead atoms. The van der Waals surface area contributed by atoms with Crippen LogP contribution in [0.1, 0.15) is 27.2 Å². The Morgan fingerprint density at radius 1 is 1.20 bits per heavy atom. The third-order valence-electron chi connectivity index (χ3n) is 1.85. The average molecular weight is 237 g/mol. The highest BCUT2D eigenvalue weighted by Gasteiger charge is 2.08. The minimum atomic E-state index is -2.88. The van der Waals surface area contributed by atoms with Crippen LogP contribution >= 0.6 is 0 Å². The molecule has 0 aliphatic rings. The van der Waals surface area contributed by atoms with Gasteiger partial charge in [-0.2, -0.15) is 0 Å². The number of sulfone groups is 1. The highest BCUT2D eigenvalue weighted by Crippen LogP contribution is 1.93. The minimum absolute atomic E-state index is 0.141. The third kappa shape index (κ3) is 10.2. The predicted octanol–water partition coefficient (Wildman–Crippen LogP) is 0.826. The molecule has 0 saturated carbocycles. The first-order valence-corrected chi connectivity index (χ1v) is 7.31. The standard InChI is InChI=1S/C10H23NO3S/c1-4-8-15(12,13)9-7-14-6-5-11-10(2)3/h10-11H,4-9H2,1-3H3. The van der Waals surface area contributed by atoms with Crippen molar-refractivity contribution < 1.29 is 13.2 Å². The van der Waals surface area contributed by atoms with Gasteiger partial charge < -0.3 is 10.1 Å². The minimum Gasteiger partial charge on any atom is -0.379 e. The fourth-order valence-electron chi connectivity index (χ4n) is 1.12. The van der Waals surface area contributed by atoms with Gasteiger partial charge in [-0.25, -0.2) is 8.42 Å². The van der Waals surface area contributed by atoms with Gasteiger partial charge in [-0.1, -0.05) is 20.8 Å². The zero-order valence-electron chi connectivity index (χ0n) is 9.95. The summed E-state index contributed by atoms with van der Waals surface area (Å²) in [5.74, 6) is 0.406. The molecule has 0 atom stereocenters. The fourth-order valence-corrected chi connectivity index (χ4v) is 2.32. The molecule has 1 N–H and O–H groups in total. The van der Waals surface area contributed by atoms with Crippen LogP contribution in [0.25, 0.3) is 0 Å². The maximum atomic E-state index is 11.3. The van der Waals surface area contributed by atoms with Gasteiger partial charge in [-0.3, -0.25) is 0 Å². The van der Waals surface area contributed by atoms with E-state index in [9.17, 15) is 8.42 Å². The largest absolute Gasteiger partial charge is 0.379 e. The van der Waals surface area contributed by atoms with Crippen LogP contribution in [0, 0.1) is 0 Å². The van der Waals surface area contributed by atoms with Crippen LogP contribution in [-0.4, -0.2) is 45.7 Å². The molecule has 15 heavy (non-hydrogen) atoms. The average Bonchev–Trinajstić information content (AvgIpc) is 2.10. The Hall–Kier alpha value is -0.130. The van der Waals surface area contributed by atoms with Gasteiger partial charge in [0.1, 0.15) is 0 Å². The van der Waals surface area contributed by atoms with Crippen LogP contribution in [0.5, 0.6) is 0 Å². The van der Waals surface area contributed by atoms with Crippen LogP contribution < -0.4 is 5.32 Å². The Morgan fingerprint density at radius 3 is 2.40 bits per heavy atom. The first-order chi connectivity index (χ1) is 6.98. The Morgan fingerprint density at radius 2 is 1.87 bits per heavy atom. The Bertz CT molecular complexity index is 237. The molecule has 0 rings (SSSR count). The molecule has 0 saturated heterocycles. The molecule has 0 spiro atoms. The van der Waals surface area contributed by atoms with Crippen molar-refractivity contribution in [2.24, 2.45) is 0 Å². The lowest BCUT2D eigenvalue weighted by Crippen LogP contribution is -2.27. The molecule has 0 radical (unpaired) electrons. The topological polar surface area (TPSA) is 55.4 Å². The zero-order chi connectivity index (χ0) is 11.7. The van der Waals surface area contributed by atoms with E-state index in [1.807, 2.05) is 6.92 Å². The van der Waals surface area contributed by atoms with E-state index in [-0.39, 0.29) is 11.5 Å². The van der Waals surface area contributed by atoms with Crippen molar-refractivity contribution >= 4 is 9.84 Å². The highest BCUT2D eigenvalue weighted by atomic mass is 32.2. The molecule has 0 aromatic rings. The van der Waals surface area contributed by atoms with E-state index in [2.05, 4.69) is 19.2 Å². The SMILES string of the molecule is CCCS(=O)(=O)CCOCCNC(C)C. The lowest BCUT2D eigenvalue weighted by Gasteiger charge is -2.08. The van der Waals surface area contributed by atoms with Gasteiger partial charge in [0.15, 0.2) is 9.84 Å². The van der Waals surface area contributed by atoms with Crippen molar-refractivity contribution in [1.82, 2.24) is 5.32 Å². The van der Waals surface area contributed by atoms with E-state index in [1.165, 1.54) is 0 Å². The van der Waals surface area contributed by atoms with Crippen molar-refractivity contribution in [2.45, 2.75) is 33.2 Å². The summed E-state index contributed by atoms with van der Waals surface area (Å²) in [7, 11) is -2.88. The van der Waals surface area contributed by atoms with Crippen molar-refractivity contribution in [3.63, 3.8) is 0 Å². The second kappa shape index (κ2) is 8.07. The molecular weight excluding hydrogens is 214 g/mol. The van der Waals surface area contributed by atoms with Crippen molar-refractivity contribution in [3.8, 4) is 0 Å². The summed E-state index contributed by atoms with van der Waals surface area (Å²) in [6.07, 6.45) is 0.678. The summed E-state index contributed by atoms with van der Waals surface area (Å²) < 4.78 is 27.8. The van der Waals surface area contributed by atoms with E-state index < -0.39 is 9.84 Å². The Balaban J connectivity index is 3.38. The molecule has 0 unspecified atom stereocenters. The van der Waals surface area contributed by atoms with Crippen molar-refractivity contribution in [1.29, 1.82) is 0 Å². The van der Waals surface area contributed by atoms with E-state index in [4.69, 9.17) is 4.74 Å². The normalized spacial score (nSPS) is 12.3. The predicted molar refractivity (Wildman–Crippen MR) is 62.9 cm³/mol. The van der Waals surface area contributed by atoms with Crippen molar-refractivity contribution in [3.05, 3.63) is 0 Å². The van der Waals surface area contributed by atoms with Gasteiger partial charge >= 0.3 is 0 Å². The number of hydrogen-bond donors (Lipinski definition) is 1. The summed E-state index contributed by atoms with van der Waals surface area (Å²) in [6, 6.07) is 0.442. The number of rotatable bonds is 9. The van der Waals surface area contributed by atoms with Crippen LogP contribution in [0.2, 0.25) is 0 Å². The quantitative estimate of drug-likeness (QED) is 0.603. The number of ether oxygens (including phenoxy) is 1. The van der Waals surface area contributed by atoms with Crippen molar-refractivity contribution in [2.75, 3.05) is 31.3 Å². The van der Waals surface area contributed by atoms with Crippen LogP contribution in [0.3, 0.4) is 0 Å². The maximum Gasteiger partial charge on any atom is 0.152 e. The van der Waals surface area contributed by atoms with E-state index in [1.54, 1.807) is 0 Å². The molecule has 0 aliphatic carbocycles. The van der Waals surface area contributed by atoms with E-state index in [0.29, 0.717) is 25.7 Å². The second-order valence-corrected chi connectivity index (χ2v) is 6.18. The smallest absolute Gasteiger partial charge is 0.152 e. The Labute approximate surface area is 93.3 Å². The molecule has 5 heteroatoms. The first-order valence-electron chi connectivity index (χ1n) is 5.49. The molecule has 0 aromatic heterocycles. The zero-order valence-corrected chi connectivity index (χ0v) is 10.8. The molecule has 4 nitrogen and oxygen atoms in total. The molecule has 0 amide bonds. The van der Waals surface area contributed by atoms with Gasteiger partial charge in [0, 0.05) is 18.3 Å². The molecule has 0 heterocycles. The van der Waals surface area contributed by atoms with Crippen LogP contribution in [0.4, 0.5) is 0 Å². The third-order valence-corrected chi connectivity index (χ3v) is 3.67. The molecule has 0 fully saturated rings. The fraction of sp³-hybridized carbons (Fsp3) is 1.00. The van der Waals surface area contributed by atoms with Gasteiger partial charge in [0.25, 0.3) is 0 Å².